The quantitative estimate of drug-likeness (QED) is 0.333. The number of nitrogens with one attached hydrogen (secondary N) is 3. The standard InChI is InChI=1S/C33H54F2N8O3/c1-21-29(31(36)39-27(22-4-2-3-5-22)7-6-24(34)16-38-21)32(44)40-28-18-37-17-26(35)30(28)42-10-8-23(9-11-42)33(45)43-14-12-41(13-15-43)25-19-46-20-25/h7,17,21-26,28-31,38-39H,2-6,8-16,18-20,36H2,1H3,(H,40,44)/b27-7-. The van der Waals surface area contributed by atoms with E-state index in [9.17, 15) is 14.0 Å². The molecule has 0 radical (unpaired) electrons. The second-order valence-electron chi connectivity index (χ2n) is 14.3. The Morgan fingerprint density at radius 3 is 2.41 bits per heavy atom. The highest BCUT2D eigenvalue weighted by Gasteiger charge is 2.43. The van der Waals surface area contributed by atoms with Gasteiger partial charge in [-0.05, 0) is 58.0 Å². The minimum atomic E-state index is -1.34. The number of aliphatic imine (C=N–C) groups is 1. The minimum Gasteiger partial charge on any atom is -0.378 e. The SMILES string of the molecule is CC1NCC(F)C/C=C(/C2CCCC2)NC(N)C1C(=O)NC1CN=CC(F)C1N1CCC(C(=O)N2CCN(C3COC3)CC2)CC1. The van der Waals surface area contributed by atoms with Gasteiger partial charge >= 0.3 is 0 Å². The molecule has 1 saturated carbocycles. The number of ether oxygens (including phenoxy) is 1. The molecule has 46 heavy (non-hydrogen) atoms. The Labute approximate surface area is 272 Å². The van der Waals surface area contributed by atoms with Gasteiger partial charge in [0.25, 0.3) is 0 Å². The zero-order valence-electron chi connectivity index (χ0n) is 27.3. The van der Waals surface area contributed by atoms with E-state index in [4.69, 9.17) is 10.5 Å². The molecule has 6 rings (SSSR count). The van der Waals surface area contributed by atoms with Crippen molar-refractivity contribution >= 4 is 18.0 Å². The van der Waals surface area contributed by atoms with E-state index >= 15 is 4.39 Å². The molecule has 258 valence electrons. The molecule has 2 amide bonds. The maximum atomic E-state index is 15.6. The molecule has 0 spiro atoms. The second-order valence-corrected chi connectivity index (χ2v) is 14.3. The van der Waals surface area contributed by atoms with E-state index in [0.717, 1.165) is 70.8 Å². The highest BCUT2D eigenvalue weighted by molar-refractivity contribution is 5.81. The van der Waals surface area contributed by atoms with Gasteiger partial charge in [0.15, 0.2) is 6.17 Å². The third-order valence-corrected chi connectivity index (χ3v) is 11.3. The van der Waals surface area contributed by atoms with Gasteiger partial charge in [-0.25, -0.2) is 8.78 Å². The average molecular weight is 649 g/mol. The van der Waals surface area contributed by atoms with Crippen molar-refractivity contribution < 1.29 is 23.1 Å². The lowest BCUT2D eigenvalue weighted by Gasteiger charge is -2.45. The molecular weight excluding hydrogens is 594 g/mol. The van der Waals surface area contributed by atoms with Crippen LogP contribution in [-0.2, 0) is 14.3 Å². The Kier molecular flexibility index (Phi) is 11.3. The maximum Gasteiger partial charge on any atom is 0.228 e. The summed E-state index contributed by atoms with van der Waals surface area (Å²) in [6.45, 7) is 8.23. The summed E-state index contributed by atoms with van der Waals surface area (Å²) in [5.74, 6) is -0.565. The molecular formula is C33H54F2N8O3. The normalized spacial score (nSPS) is 37.6. The fraction of sp³-hybridized carbons (Fsp3) is 0.848. The van der Waals surface area contributed by atoms with Crippen molar-refractivity contribution in [3.63, 3.8) is 0 Å². The van der Waals surface area contributed by atoms with Crippen molar-refractivity contribution in [2.75, 3.05) is 65.6 Å². The minimum absolute atomic E-state index is 0.0708. The lowest BCUT2D eigenvalue weighted by molar-refractivity contribution is -0.141. The first-order valence-electron chi connectivity index (χ1n) is 17.7. The third-order valence-electron chi connectivity index (χ3n) is 11.3. The van der Waals surface area contributed by atoms with Crippen LogP contribution in [0.15, 0.2) is 16.8 Å². The molecule has 13 heteroatoms. The van der Waals surface area contributed by atoms with E-state index in [1.165, 1.54) is 6.21 Å². The number of piperidine rings is 1. The van der Waals surface area contributed by atoms with E-state index in [-0.39, 0.29) is 30.8 Å². The Balaban J connectivity index is 1.06. The van der Waals surface area contributed by atoms with Crippen LogP contribution >= 0.6 is 0 Å². The molecule has 11 nitrogen and oxygen atoms in total. The van der Waals surface area contributed by atoms with Crippen molar-refractivity contribution in [3.05, 3.63) is 11.8 Å². The Bertz CT molecular complexity index is 1100. The van der Waals surface area contributed by atoms with Gasteiger partial charge in [0.1, 0.15) is 6.17 Å². The van der Waals surface area contributed by atoms with Crippen LogP contribution in [0.5, 0.6) is 0 Å². The summed E-state index contributed by atoms with van der Waals surface area (Å²) in [6, 6.07) is -1.04. The zero-order valence-corrected chi connectivity index (χ0v) is 27.3. The number of nitrogens with zero attached hydrogens (tertiary/aromatic N) is 4. The smallest absolute Gasteiger partial charge is 0.228 e. The van der Waals surface area contributed by atoms with Gasteiger partial charge < -0.3 is 31.3 Å². The summed E-state index contributed by atoms with van der Waals surface area (Å²) in [4.78, 5) is 38.1. The number of amides is 2. The second kappa shape index (κ2) is 15.4. The Morgan fingerprint density at radius 2 is 1.74 bits per heavy atom. The number of halogens is 2. The van der Waals surface area contributed by atoms with E-state index in [0.29, 0.717) is 44.3 Å². The summed E-state index contributed by atoms with van der Waals surface area (Å²) in [6.07, 6.45) is 6.12. The molecule has 5 N–H and O–H groups in total. The molecule has 3 saturated heterocycles. The fourth-order valence-electron chi connectivity index (χ4n) is 8.35. The molecule has 5 aliphatic heterocycles. The predicted molar refractivity (Wildman–Crippen MR) is 173 cm³/mol. The van der Waals surface area contributed by atoms with Crippen LogP contribution in [-0.4, -0.2) is 141 Å². The number of likely N-dealkylation sites (tertiary alicyclic amines) is 1. The number of alkyl halides is 2. The van der Waals surface area contributed by atoms with Gasteiger partial charge in [0.05, 0.1) is 50.0 Å². The number of piperazine rings is 1. The lowest BCUT2D eigenvalue weighted by atomic mass is 9.89. The van der Waals surface area contributed by atoms with Crippen LogP contribution in [0.2, 0.25) is 0 Å². The van der Waals surface area contributed by atoms with Crippen molar-refractivity contribution in [3.8, 4) is 0 Å². The van der Waals surface area contributed by atoms with Gasteiger partial charge in [-0.3, -0.25) is 24.4 Å². The number of carbonyl (C=O) groups is 2. The number of allylic oxidation sites excluding steroid dienone is 2. The largest absolute Gasteiger partial charge is 0.378 e. The van der Waals surface area contributed by atoms with Gasteiger partial charge in [-0.2, -0.15) is 0 Å². The van der Waals surface area contributed by atoms with Crippen LogP contribution in [0.4, 0.5) is 8.78 Å². The van der Waals surface area contributed by atoms with Gasteiger partial charge in [0.2, 0.25) is 11.8 Å². The Morgan fingerprint density at radius 1 is 1.02 bits per heavy atom. The summed E-state index contributed by atoms with van der Waals surface area (Å²) in [7, 11) is 0. The van der Waals surface area contributed by atoms with Crippen molar-refractivity contribution in [2.24, 2.45) is 28.5 Å². The molecule has 0 aromatic heterocycles. The number of hydrogen-bond donors (Lipinski definition) is 4. The summed E-state index contributed by atoms with van der Waals surface area (Å²) >= 11 is 0. The zero-order chi connectivity index (χ0) is 32.2. The molecule has 6 aliphatic rings. The van der Waals surface area contributed by atoms with Crippen LogP contribution in [0.3, 0.4) is 0 Å². The van der Waals surface area contributed by atoms with Crippen LogP contribution in [0.1, 0.15) is 51.9 Å². The van der Waals surface area contributed by atoms with Gasteiger partial charge in [0, 0.05) is 56.6 Å². The molecule has 5 heterocycles. The molecule has 0 bridgehead atoms. The first-order chi connectivity index (χ1) is 22.3. The van der Waals surface area contributed by atoms with E-state index < -0.39 is 42.6 Å². The topological polar surface area (TPSA) is 128 Å². The van der Waals surface area contributed by atoms with Crippen LogP contribution < -0.4 is 21.7 Å². The average Bonchev–Trinajstić information content (AvgIpc) is 3.56. The van der Waals surface area contributed by atoms with Crippen molar-refractivity contribution in [1.82, 2.24) is 30.7 Å². The fourth-order valence-corrected chi connectivity index (χ4v) is 8.35. The van der Waals surface area contributed by atoms with Crippen LogP contribution in [0.25, 0.3) is 0 Å². The number of carbonyl (C=O) groups excluding carboxylic acids is 2. The highest BCUT2D eigenvalue weighted by atomic mass is 19.1. The molecule has 7 unspecified atom stereocenters. The van der Waals surface area contributed by atoms with Gasteiger partial charge in [-0.15, -0.1) is 0 Å². The predicted octanol–water partition coefficient (Wildman–Crippen LogP) is 0.802. The highest BCUT2D eigenvalue weighted by Crippen LogP contribution is 2.31. The Hall–Kier alpha value is -2.19. The summed E-state index contributed by atoms with van der Waals surface area (Å²) in [5.41, 5.74) is 7.64. The number of nitrogens with two attached hydrogens (primary N) is 1. The van der Waals surface area contributed by atoms with Crippen molar-refractivity contribution in [2.45, 2.75) is 94.5 Å². The van der Waals surface area contributed by atoms with Crippen molar-refractivity contribution in [1.29, 1.82) is 0 Å². The first kappa shape index (κ1) is 33.7. The molecule has 4 fully saturated rings. The molecule has 0 aromatic rings. The summed E-state index contributed by atoms with van der Waals surface area (Å²) < 4.78 is 35.6. The number of rotatable bonds is 6. The van der Waals surface area contributed by atoms with E-state index in [1.54, 1.807) is 0 Å². The summed E-state index contributed by atoms with van der Waals surface area (Å²) in [5, 5.41) is 9.70. The van der Waals surface area contributed by atoms with E-state index in [2.05, 4.69) is 30.7 Å². The van der Waals surface area contributed by atoms with Gasteiger partial charge in [-0.1, -0.05) is 18.9 Å². The molecule has 1 aliphatic carbocycles. The lowest BCUT2D eigenvalue weighted by Crippen LogP contribution is -2.64. The first-order valence-corrected chi connectivity index (χ1v) is 17.7. The maximum absolute atomic E-state index is 15.6. The third kappa shape index (κ3) is 7.75. The monoisotopic (exact) mass is 648 g/mol. The molecule has 0 aromatic carbocycles. The molecule has 7 atom stereocenters. The van der Waals surface area contributed by atoms with E-state index in [1.807, 2.05) is 17.9 Å². The number of hydrogen-bond acceptors (Lipinski definition) is 9. The van der Waals surface area contributed by atoms with Crippen LogP contribution in [0, 0.1) is 17.8 Å².